The van der Waals surface area contributed by atoms with Gasteiger partial charge in [-0.05, 0) is 30.7 Å². The molecule has 0 atom stereocenters. The van der Waals surface area contributed by atoms with Gasteiger partial charge in [0.25, 0.3) is 5.56 Å². The third-order valence-electron chi connectivity index (χ3n) is 3.93. The molecular formula is C18H17N5O. The summed E-state index contributed by atoms with van der Waals surface area (Å²) >= 11 is 0. The Hall–Kier alpha value is -3.15. The normalized spacial score (nSPS) is 11.2. The first kappa shape index (κ1) is 14.4. The maximum atomic E-state index is 12.0. The molecule has 4 rings (SSSR count). The first-order valence-corrected chi connectivity index (χ1v) is 7.96. The number of anilines is 1. The monoisotopic (exact) mass is 319 g/mol. The lowest BCUT2D eigenvalue weighted by atomic mass is 10.2. The largest absolute Gasteiger partial charge is 0.356 e. The average molecular weight is 319 g/mol. The predicted molar refractivity (Wildman–Crippen MR) is 95.3 cm³/mol. The van der Waals surface area contributed by atoms with Gasteiger partial charge in [0.15, 0.2) is 0 Å². The molecule has 6 heteroatoms. The van der Waals surface area contributed by atoms with Gasteiger partial charge >= 0.3 is 0 Å². The molecule has 0 fully saturated rings. The summed E-state index contributed by atoms with van der Waals surface area (Å²) in [4.78, 5) is 27.1. The van der Waals surface area contributed by atoms with Gasteiger partial charge in [0, 0.05) is 13.0 Å². The van der Waals surface area contributed by atoms with Crippen LogP contribution in [0.3, 0.4) is 0 Å². The molecule has 0 aliphatic rings. The van der Waals surface area contributed by atoms with Crippen LogP contribution in [0.2, 0.25) is 0 Å². The number of fused-ring (bicyclic) bond motifs is 2. The van der Waals surface area contributed by atoms with Crippen LogP contribution in [0.15, 0.2) is 53.3 Å². The van der Waals surface area contributed by atoms with Crippen molar-refractivity contribution in [2.24, 2.45) is 0 Å². The molecule has 0 aliphatic heterocycles. The zero-order valence-corrected chi connectivity index (χ0v) is 13.0. The van der Waals surface area contributed by atoms with Gasteiger partial charge in [-0.2, -0.15) is 0 Å². The standard InChI is InChI=1S/C18H17N5O/c24-17-12-6-1-2-7-13(12)22-18(23-17)19-11-5-10-16-20-14-8-3-4-9-15(14)21-16/h1-4,6-9H,5,10-11H2,(H,20,21)(H2,19,22,23,24). The number of aryl methyl sites for hydroxylation is 1. The molecule has 0 saturated carbocycles. The molecule has 6 nitrogen and oxygen atoms in total. The molecule has 0 spiro atoms. The minimum absolute atomic E-state index is 0.125. The summed E-state index contributed by atoms with van der Waals surface area (Å²) in [6, 6.07) is 15.3. The van der Waals surface area contributed by atoms with E-state index >= 15 is 0 Å². The number of imidazole rings is 1. The van der Waals surface area contributed by atoms with E-state index in [0.717, 1.165) is 29.7 Å². The molecule has 2 aromatic heterocycles. The maximum Gasteiger partial charge on any atom is 0.260 e. The number of aromatic nitrogens is 4. The SMILES string of the molecule is O=c1[nH]c(NCCCc2nc3ccccc3[nH]2)nc2ccccc12. The van der Waals surface area contributed by atoms with E-state index in [4.69, 9.17) is 0 Å². The Labute approximate surface area is 138 Å². The van der Waals surface area contributed by atoms with Gasteiger partial charge in [0.1, 0.15) is 5.82 Å². The lowest BCUT2D eigenvalue weighted by molar-refractivity contribution is 0.814. The zero-order chi connectivity index (χ0) is 16.4. The second kappa shape index (κ2) is 6.16. The molecule has 2 heterocycles. The fourth-order valence-corrected chi connectivity index (χ4v) is 2.76. The third kappa shape index (κ3) is 2.86. The van der Waals surface area contributed by atoms with E-state index in [1.807, 2.05) is 42.5 Å². The van der Waals surface area contributed by atoms with E-state index in [0.29, 0.717) is 23.4 Å². The topological polar surface area (TPSA) is 86.5 Å². The highest BCUT2D eigenvalue weighted by Crippen LogP contribution is 2.12. The first-order chi connectivity index (χ1) is 11.8. The van der Waals surface area contributed by atoms with E-state index in [1.165, 1.54) is 0 Å². The molecular weight excluding hydrogens is 302 g/mol. The Balaban J connectivity index is 1.39. The van der Waals surface area contributed by atoms with Gasteiger partial charge in [-0.25, -0.2) is 9.97 Å². The fourth-order valence-electron chi connectivity index (χ4n) is 2.76. The van der Waals surface area contributed by atoms with Crippen LogP contribution in [0.5, 0.6) is 0 Å². The molecule has 0 radical (unpaired) electrons. The Bertz CT molecular complexity index is 1020. The quantitative estimate of drug-likeness (QED) is 0.494. The van der Waals surface area contributed by atoms with Gasteiger partial charge in [-0.3, -0.25) is 9.78 Å². The van der Waals surface area contributed by atoms with Crippen LogP contribution in [-0.2, 0) is 6.42 Å². The number of aromatic amines is 2. The van der Waals surface area contributed by atoms with E-state index in [-0.39, 0.29) is 5.56 Å². The number of hydrogen-bond acceptors (Lipinski definition) is 4. The highest BCUT2D eigenvalue weighted by atomic mass is 16.1. The van der Waals surface area contributed by atoms with E-state index in [9.17, 15) is 4.79 Å². The average Bonchev–Trinajstić information content (AvgIpc) is 3.02. The molecule has 120 valence electrons. The highest BCUT2D eigenvalue weighted by Gasteiger charge is 2.04. The highest BCUT2D eigenvalue weighted by molar-refractivity contribution is 5.78. The van der Waals surface area contributed by atoms with E-state index in [2.05, 4.69) is 25.3 Å². The first-order valence-electron chi connectivity index (χ1n) is 7.96. The van der Waals surface area contributed by atoms with Crippen molar-refractivity contribution in [3.05, 3.63) is 64.7 Å². The number of H-pyrrole nitrogens is 2. The summed E-state index contributed by atoms with van der Waals surface area (Å²) in [6.07, 6.45) is 1.72. The maximum absolute atomic E-state index is 12.0. The van der Waals surface area contributed by atoms with Crippen molar-refractivity contribution >= 4 is 27.9 Å². The second-order valence-corrected chi connectivity index (χ2v) is 5.66. The fraction of sp³-hybridized carbons (Fsp3) is 0.167. The molecule has 0 bridgehead atoms. The van der Waals surface area contributed by atoms with Crippen LogP contribution in [0.4, 0.5) is 5.95 Å². The van der Waals surface area contributed by atoms with Gasteiger partial charge in [0.2, 0.25) is 5.95 Å². The summed E-state index contributed by atoms with van der Waals surface area (Å²) in [7, 11) is 0. The van der Waals surface area contributed by atoms with Crippen LogP contribution >= 0.6 is 0 Å². The molecule has 0 aliphatic carbocycles. The van der Waals surface area contributed by atoms with Gasteiger partial charge in [-0.1, -0.05) is 24.3 Å². The molecule has 24 heavy (non-hydrogen) atoms. The lowest BCUT2D eigenvalue weighted by Crippen LogP contribution is -2.14. The second-order valence-electron chi connectivity index (χ2n) is 5.66. The number of nitrogens with one attached hydrogen (secondary N) is 3. The van der Waals surface area contributed by atoms with Crippen molar-refractivity contribution in [2.45, 2.75) is 12.8 Å². The minimum Gasteiger partial charge on any atom is -0.356 e. The van der Waals surface area contributed by atoms with Crippen LogP contribution in [0.1, 0.15) is 12.2 Å². The van der Waals surface area contributed by atoms with Crippen LogP contribution in [0, 0.1) is 0 Å². The van der Waals surface area contributed by atoms with Gasteiger partial charge in [0.05, 0.1) is 21.9 Å². The van der Waals surface area contributed by atoms with Crippen LogP contribution in [0.25, 0.3) is 21.9 Å². The van der Waals surface area contributed by atoms with Crippen molar-refractivity contribution < 1.29 is 0 Å². The van der Waals surface area contributed by atoms with E-state index in [1.54, 1.807) is 6.07 Å². The van der Waals surface area contributed by atoms with E-state index < -0.39 is 0 Å². The number of benzene rings is 2. The van der Waals surface area contributed by atoms with Crippen LogP contribution in [-0.4, -0.2) is 26.5 Å². The third-order valence-corrected chi connectivity index (χ3v) is 3.93. The van der Waals surface area contributed by atoms with Crippen molar-refractivity contribution in [3.8, 4) is 0 Å². The number of hydrogen-bond donors (Lipinski definition) is 3. The molecule has 0 amide bonds. The van der Waals surface area contributed by atoms with Crippen molar-refractivity contribution in [1.82, 2.24) is 19.9 Å². The van der Waals surface area contributed by atoms with Gasteiger partial charge in [-0.15, -0.1) is 0 Å². The van der Waals surface area contributed by atoms with Gasteiger partial charge < -0.3 is 10.3 Å². The summed E-state index contributed by atoms with van der Waals surface area (Å²) in [5.41, 5.74) is 2.61. The Kier molecular flexibility index (Phi) is 3.70. The molecule has 0 unspecified atom stereocenters. The minimum atomic E-state index is -0.125. The van der Waals surface area contributed by atoms with Crippen LogP contribution < -0.4 is 10.9 Å². The number of rotatable bonds is 5. The molecule has 3 N–H and O–H groups in total. The zero-order valence-electron chi connectivity index (χ0n) is 13.0. The lowest BCUT2D eigenvalue weighted by Gasteiger charge is -2.05. The summed E-state index contributed by atoms with van der Waals surface area (Å²) < 4.78 is 0. The smallest absolute Gasteiger partial charge is 0.260 e. The van der Waals surface area contributed by atoms with Crippen molar-refractivity contribution in [3.63, 3.8) is 0 Å². The summed E-state index contributed by atoms with van der Waals surface area (Å²) in [5.74, 6) is 1.47. The molecule has 0 saturated heterocycles. The summed E-state index contributed by atoms with van der Waals surface area (Å²) in [5, 5.41) is 3.78. The Morgan fingerprint density at radius 2 is 1.71 bits per heavy atom. The Morgan fingerprint density at radius 3 is 2.58 bits per heavy atom. The van der Waals surface area contributed by atoms with Crippen molar-refractivity contribution in [1.29, 1.82) is 0 Å². The Morgan fingerprint density at radius 1 is 0.917 bits per heavy atom. The van der Waals surface area contributed by atoms with Crippen molar-refractivity contribution in [2.75, 3.05) is 11.9 Å². The number of nitrogens with zero attached hydrogens (tertiary/aromatic N) is 2. The molecule has 2 aromatic carbocycles. The summed E-state index contributed by atoms with van der Waals surface area (Å²) in [6.45, 7) is 0.707. The predicted octanol–water partition coefficient (Wildman–Crippen LogP) is 2.84. The molecule has 4 aromatic rings. The number of para-hydroxylation sites is 3.